The van der Waals surface area contributed by atoms with Crippen molar-refractivity contribution in [1.82, 2.24) is 15.8 Å². The number of nitrogens with one attached hydrogen (secondary N) is 2. The summed E-state index contributed by atoms with van der Waals surface area (Å²) >= 11 is 7.03. The van der Waals surface area contributed by atoms with Gasteiger partial charge in [-0.25, -0.2) is 4.98 Å². The second-order valence-electron chi connectivity index (χ2n) is 4.98. The highest BCUT2D eigenvalue weighted by atomic mass is 127. The SMILES string of the molecule is CCOC(=S)NNC(=O)[C@@H](C)Oc1ccc(Oc2ccc(I)cn2)cc1. The number of thiocarbonyl (C=S) groups is 1. The van der Waals surface area contributed by atoms with Gasteiger partial charge in [0.2, 0.25) is 5.88 Å². The molecule has 2 aromatic rings. The first-order valence-corrected chi connectivity index (χ1v) is 9.25. The zero-order valence-corrected chi connectivity index (χ0v) is 17.2. The van der Waals surface area contributed by atoms with E-state index < -0.39 is 6.10 Å². The molecule has 1 aromatic heterocycles. The van der Waals surface area contributed by atoms with Crippen LogP contribution in [0.4, 0.5) is 0 Å². The van der Waals surface area contributed by atoms with E-state index in [0.29, 0.717) is 24.0 Å². The first-order chi connectivity index (χ1) is 12.5. The van der Waals surface area contributed by atoms with Gasteiger partial charge in [0, 0.05) is 15.8 Å². The number of ether oxygens (including phenoxy) is 3. The predicted molar refractivity (Wildman–Crippen MR) is 109 cm³/mol. The Morgan fingerprint density at radius 1 is 1.19 bits per heavy atom. The minimum Gasteiger partial charge on any atom is -0.481 e. The van der Waals surface area contributed by atoms with Crippen LogP contribution < -0.4 is 20.3 Å². The third-order valence-corrected chi connectivity index (χ3v) is 3.85. The monoisotopic (exact) mass is 487 g/mol. The van der Waals surface area contributed by atoms with Crippen LogP contribution in [0.25, 0.3) is 0 Å². The summed E-state index contributed by atoms with van der Waals surface area (Å²) in [5.41, 5.74) is 4.91. The van der Waals surface area contributed by atoms with Crippen LogP contribution in [-0.4, -0.2) is 28.8 Å². The average Bonchev–Trinajstić information content (AvgIpc) is 2.63. The lowest BCUT2D eigenvalue weighted by molar-refractivity contribution is -0.127. The highest BCUT2D eigenvalue weighted by Crippen LogP contribution is 2.23. The largest absolute Gasteiger partial charge is 0.481 e. The summed E-state index contributed by atoms with van der Waals surface area (Å²) in [5, 5.41) is 0.0961. The van der Waals surface area contributed by atoms with E-state index in [2.05, 4.69) is 38.4 Å². The first kappa shape index (κ1) is 20.2. The molecule has 1 atom stereocenters. The van der Waals surface area contributed by atoms with Gasteiger partial charge >= 0.3 is 0 Å². The molecule has 26 heavy (non-hydrogen) atoms. The molecule has 9 heteroatoms. The third kappa shape index (κ3) is 6.64. The van der Waals surface area contributed by atoms with Gasteiger partial charge in [0.15, 0.2) is 6.10 Å². The normalized spacial score (nSPS) is 11.2. The quantitative estimate of drug-likeness (QED) is 0.368. The van der Waals surface area contributed by atoms with Crippen LogP contribution in [0.2, 0.25) is 0 Å². The first-order valence-electron chi connectivity index (χ1n) is 7.76. The molecule has 0 aliphatic rings. The van der Waals surface area contributed by atoms with E-state index in [1.54, 1.807) is 50.4 Å². The van der Waals surface area contributed by atoms with Crippen LogP contribution in [-0.2, 0) is 9.53 Å². The van der Waals surface area contributed by atoms with Crippen LogP contribution >= 0.6 is 34.8 Å². The van der Waals surface area contributed by atoms with Crippen molar-refractivity contribution in [1.29, 1.82) is 0 Å². The Kier molecular flexibility index (Phi) is 7.85. The van der Waals surface area contributed by atoms with Crippen LogP contribution in [0, 0.1) is 3.57 Å². The number of pyridine rings is 1. The lowest BCUT2D eigenvalue weighted by Crippen LogP contribution is -2.47. The highest BCUT2D eigenvalue weighted by molar-refractivity contribution is 14.1. The zero-order valence-electron chi connectivity index (χ0n) is 14.2. The Bertz CT molecular complexity index is 741. The van der Waals surface area contributed by atoms with E-state index >= 15 is 0 Å². The van der Waals surface area contributed by atoms with Gasteiger partial charge < -0.3 is 14.2 Å². The van der Waals surface area contributed by atoms with Crippen molar-refractivity contribution >= 4 is 45.9 Å². The maximum Gasteiger partial charge on any atom is 0.279 e. The number of rotatable bonds is 6. The third-order valence-electron chi connectivity index (χ3n) is 2.99. The summed E-state index contributed by atoms with van der Waals surface area (Å²) in [6, 6.07) is 10.6. The number of aromatic nitrogens is 1. The van der Waals surface area contributed by atoms with Crippen molar-refractivity contribution in [2.24, 2.45) is 0 Å². The van der Waals surface area contributed by atoms with Crippen molar-refractivity contribution in [2.75, 3.05) is 6.61 Å². The van der Waals surface area contributed by atoms with E-state index in [0.717, 1.165) is 3.57 Å². The molecule has 1 aromatic carbocycles. The molecule has 1 heterocycles. The number of halogens is 1. The smallest absolute Gasteiger partial charge is 0.279 e. The molecule has 7 nitrogen and oxygen atoms in total. The Labute approximate surface area is 170 Å². The molecular formula is C17H18IN3O4S. The van der Waals surface area contributed by atoms with Gasteiger partial charge in [0.05, 0.1) is 6.61 Å². The highest BCUT2D eigenvalue weighted by Gasteiger charge is 2.15. The summed E-state index contributed by atoms with van der Waals surface area (Å²) in [6.07, 6.45) is 0.996. The zero-order chi connectivity index (χ0) is 18.9. The molecule has 0 aliphatic carbocycles. The van der Waals surface area contributed by atoms with Gasteiger partial charge in [-0.05, 0) is 79.0 Å². The number of carbonyl (C=O) groups excluding carboxylic acids is 1. The molecule has 0 fully saturated rings. The summed E-state index contributed by atoms with van der Waals surface area (Å²) in [6.45, 7) is 3.84. The van der Waals surface area contributed by atoms with E-state index in [1.165, 1.54) is 0 Å². The number of amides is 1. The Morgan fingerprint density at radius 2 is 1.88 bits per heavy atom. The van der Waals surface area contributed by atoms with E-state index in [9.17, 15) is 4.79 Å². The van der Waals surface area contributed by atoms with Crippen molar-refractivity contribution in [3.05, 3.63) is 46.2 Å². The summed E-state index contributed by atoms with van der Waals surface area (Å²) in [7, 11) is 0. The van der Waals surface area contributed by atoms with E-state index in [-0.39, 0.29) is 11.1 Å². The number of hydrogen-bond acceptors (Lipinski definition) is 6. The number of hydrazine groups is 1. The fraction of sp³-hybridized carbons (Fsp3) is 0.235. The number of carbonyl (C=O) groups is 1. The lowest BCUT2D eigenvalue weighted by atomic mass is 10.3. The molecule has 2 N–H and O–H groups in total. The van der Waals surface area contributed by atoms with Gasteiger partial charge in [-0.1, -0.05) is 0 Å². The maximum absolute atomic E-state index is 11.9. The molecule has 0 spiro atoms. The van der Waals surface area contributed by atoms with Gasteiger partial charge in [0.1, 0.15) is 11.5 Å². The molecule has 0 saturated heterocycles. The lowest BCUT2D eigenvalue weighted by Gasteiger charge is -2.16. The molecule has 0 unspecified atom stereocenters. The van der Waals surface area contributed by atoms with Crippen LogP contribution in [0.3, 0.4) is 0 Å². The van der Waals surface area contributed by atoms with E-state index in [1.807, 2.05) is 6.07 Å². The van der Waals surface area contributed by atoms with Gasteiger partial charge in [-0.2, -0.15) is 0 Å². The Morgan fingerprint density at radius 3 is 2.50 bits per heavy atom. The van der Waals surface area contributed by atoms with Crippen LogP contribution in [0.5, 0.6) is 17.4 Å². The van der Waals surface area contributed by atoms with Crippen LogP contribution in [0.1, 0.15) is 13.8 Å². The van der Waals surface area contributed by atoms with Gasteiger partial charge in [-0.15, -0.1) is 0 Å². The fourth-order valence-corrected chi connectivity index (χ4v) is 2.26. The summed E-state index contributed by atoms with van der Waals surface area (Å²) < 4.78 is 17.3. The Balaban J connectivity index is 1.84. The molecule has 138 valence electrons. The minimum absolute atomic E-state index is 0.0961. The molecule has 0 bridgehead atoms. The number of benzene rings is 1. The van der Waals surface area contributed by atoms with Crippen LogP contribution in [0.15, 0.2) is 42.6 Å². The second kappa shape index (κ2) is 10.1. The molecule has 0 aliphatic heterocycles. The summed E-state index contributed by atoms with van der Waals surface area (Å²) in [5.74, 6) is 1.27. The average molecular weight is 487 g/mol. The van der Waals surface area contributed by atoms with Gasteiger partial charge in [-0.3, -0.25) is 15.6 Å². The molecule has 0 saturated carbocycles. The van der Waals surface area contributed by atoms with Crippen molar-refractivity contribution in [2.45, 2.75) is 20.0 Å². The maximum atomic E-state index is 11.9. The molecule has 1 amide bonds. The predicted octanol–water partition coefficient (Wildman–Crippen LogP) is 3.19. The number of nitrogens with zero attached hydrogens (tertiary/aromatic N) is 1. The summed E-state index contributed by atoms with van der Waals surface area (Å²) in [4.78, 5) is 16.1. The molecular weight excluding hydrogens is 469 g/mol. The van der Waals surface area contributed by atoms with E-state index in [4.69, 9.17) is 26.4 Å². The van der Waals surface area contributed by atoms with Crippen molar-refractivity contribution in [3.8, 4) is 17.4 Å². The standard InChI is InChI=1S/C17H18IN3O4S/c1-3-23-17(26)21-20-16(22)11(2)24-13-5-7-14(8-6-13)25-15-9-4-12(18)10-19-15/h4-11H,3H2,1-2H3,(H,20,22)(H,21,26)/t11-/m1/s1. The fourth-order valence-electron chi connectivity index (χ4n) is 1.77. The number of hydrogen-bond donors (Lipinski definition) is 2. The van der Waals surface area contributed by atoms with Crippen molar-refractivity contribution in [3.63, 3.8) is 0 Å². The Hall–Kier alpha value is -2.14. The second-order valence-corrected chi connectivity index (χ2v) is 6.60. The van der Waals surface area contributed by atoms with Crippen molar-refractivity contribution < 1.29 is 19.0 Å². The molecule has 2 rings (SSSR count). The topological polar surface area (TPSA) is 81.7 Å². The molecule has 0 radical (unpaired) electrons. The van der Waals surface area contributed by atoms with Gasteiger partial charge in [0.25, 0.3) is 11.1 Å². The minimum atomic E-state index is -0.725.